The van der Waals surface area contributed by atoms with Gasteiger partial charge in [-0.05, 0) is 44.0 Å². The summed E-state index contributed by atoms with van der Waals surface area (Å²) in [7, 11) is 2.84. The van der Waals surface area contributed by atoms with Gasteiger partial charge in [-0.1, -0.05) is 15.9 Å². The van der Waals surface area contributed by atoms with Gasteiger partial charge in [0, 0.05) is 30.8 Å². The van der Waals surface area contributed by atoms with Gasteiger partial charge in [-0.3, -0.25) is 9.69 Å². The molecule has 3 amide bonds. The first-order chi connectivity index (χ1) is 12.7. The average molecular weight is 438 g/mol. The Morgan fingerprint density at radius 3 is 2.74 bits per heavy atom. The fourth-order valence-corrected chi connectivity index (χ4v) is 4.81. The first-order valence-corrected chi connectivity index (χ1v) is 9.71. The number of anilines is 1. The molecule has 1 N–H and O–H groups in total. The third-order valence-corrected chi connectivity index (χ3v) is 5.97. The van der Waals surface area contributed by atoms with E-state index in [0.717, 1.165) is 20.6 Å². The lowest BCUT2D eigenvalue weighted by atomic mass is 9.68. The van der Waals surface area contributed by atoms with Gasteiger partial charge in [0.25, 0.3) is 0 Å². The van der Waals surface area contributed by atoms with Crippen LogP contribution in [0.4, 0.5) is 10.5 Å². The third-order valence-electron chi connectivity index (χ3n) is 5.47. The van der Waals surface area contributed by atoms with Crippen LogP contribution in [-0.2, 0) is 20.7 Å². The largest absolute Gasteiger partial charge is 0.372 e. The SMILES string of the molecule is CNC(=O)N(C)C(=O)[C@]1(C=O)Cc2cc(Br)ccc2N2C[C@@H](C)O[C@@H](C)C21. The van der Waals surface area contributed by atoms with Crippen LogP contribution in [0.2, 0.25) is 0 Å². The zero-order chi connectivity index (χ0) is 19.9. The summed E-state index contributed by atoms with van der Waals surface area (Å²) in [6.45, 7) is 4.42. The number of fused-ring (bicyclic) bond motifs is 3. The normalized spacial score (nSPS) is 29.4. The van der Waals surface area contributed by atoms with Gasteiger partial charge in [-0.2, -0.15) is 0 Å². The highest BCUT2D eigenvalue weighted by Crippen LogP contribution is 2.46. The molecule has 146 valence electrons. The zero-order valence-electron chi connectivity index (χ0n) is 15.9. The molecule has 2 aliphatic heterocycles. The van der Waals surface area contributed by atoms with Crippen LogP contribution in [0.5, 0.6) is 0 Å². The topological polar surface area (TPSA) is 79.0 Å². The number of benzene rings is 1. The maximum Gasteiger partial charge on any atom is 0.323 e. The molecular weight excluding hydrogens is 414 g/mol. The monoisotopic (exact) mass is 437 g/mol. The number of amides is 3. The number of carbonyl (C=O) groups is 3. The summed E-state index contributed by atoms with van der Waals surface area (Å²) in [6, 6.07) is 4.85. The van der Waals surface area contributed by atoms with Crippen molar-refractivity contribution >= 4 is 39.8 Å². The van der Waals surface area contributed by atoms with E-state index >= 15 is 0 Å². The predicted molar refractivity (Wildman–Crippen MR) is 105 cm³/mol. The molecule has 1 fully saturated rings. The highest BCUT2D eigenvalue weighted by atomic mass is 79.9. The van der Waals surface area contributed by atoms with Crippen LogP contribution in [0.3, 0.4) is 0 Å². The van der Waals surface area contributed by atoms with E-state index in [1.54, 1.807) is 0 Å². The van der Waals surface area contributed by atoms with E-state index in [-0.39, 0.29) is 18.6 Å². The number of imide groups is 1. The molecule has 0 saturated carbocycles. The van der Waals surface area contributed by atoms with E-state index in [2.05, 4.69) is 26.1 Å². The lowest BCUT2D eigenvalue weighted by Crippen LogP contribution is -2.68. The van der Waals surface area contributed by atoms with E-state index in [1.165, 1.54) is 14.1 Å². The van der Waals surface area contributed by atoms with Crippen molar-refractivity contribution in [1.29, 1.82) is 0 Å². The van der Waals surface area contributed by atoms with Crippen molar-refractivity contribution in [2.24, 2.45) is 5.41 Å². The minimum Gasteiger partial charge on any atom is -0.372 e. The zero-order valence-corrected chi connectivity index (χ0v) is 17.4. The molecule has 3 rings (SSSR count). The molecule has 0 radical (unpaired) electrons. The number of nitrogens with one attached hydrogen (secondary N) is 1. The van der Waals surface area contributed by atoms with E-state index in [9.17, 15) is 14.4 Å². The molecule has 1 unspecified atom stereocenters. The van der Waals surface area contributed by atoms with Crippen LogP contribution in [-0.4, -0.2) is 62.0 Å². The van der Waals surface area contributed by atoms with Crippen LogP contribution >= 0.6 is 15.9 Å². The number of morpholine rings is 1. The van der Waals surface area contributed by atoms with E-state index in [0.29, 0.717) is 12.8 Å². The van der Waals surface area contributed by atoms with Gasteiger partial charge in [0.1, 0.15) is 11.7 Å². The molecule has 27 heavy (non-hydrogen) atoms. The fourth-order valence-electron chi connectivity index (χ4n) is 4.40. The lowest BCUT2D eigenvalue weighted by Gasteiger charge is -2.54. The van der Waals surface area contributed by atoms with Crippen LogP contribution in [0.25, 0.3) is 0 Å². The van der Waals surface area contributed by atoms with Crippen molar-refractivity contribution in [3.05, 3.63) is 28.2 Å². The number of urea groups is 1. The summed E-state index contributed by atoms with van der Waals surface area (Å²) in [5.41, 5.74) is 0.486. The molecule has 2 heterocycles. The van der Waals surface area contributed by atoms with E-state index < -0.39 is 23.4 Å². The highest BCUT2D eigenvalue weighted by molar-refractivity contribution is 9.10. The second-order valence-corrected chi connectivity index (χ2v) is 8.19. The van der Waals surface area contributed by atoms with Gasteiger partial charge in [0.15, 0.2) is 0 Å². The van der Waals surface area contributed by atoms with Crippen molar-refractivity contribution in [2.75, 3.05) is 25.5 Å². The second-order valence-electron chi connectivity index (χ2n) is 7.28. The number of halogens is 1. The Bertz CT molecular complexity index is 786. The molecule has 2 aliphatic rings. The minimum atomic E-state index is -1.41. The maximum absolute atomic E-state index is 13.4. The predicted octanol–water partition coefficient (Wildman–Crippen LogP) is 1.97. The number of hydrogen-bond acceptors (Lipinski definition) is 5. The molecule has 0 spiro atoms. The molecule has 8 heteroatoms. The van der Waals surface area contributed by atoms with Gasteiger partial charge in [0.2, 0.25) is 5.91 Å². The van der Waals surface area contributed by atoms with Crippen LogP contribution in [0, 0.1) is 5.41 Å². The molecule has 1 aromatic carbocycles. The summed E-state index contributed by atoms with van der Waals surface area (Å²) in [5.74, 6) is -0.525. The summed E-state index contributed by atoms with van der Waals surface area (Å²) in [5, 5.41) is 2.44. The quantitative estimate of drug-likeness (QED) is 0.565. The first-order valence-electron chi connectivity index (χ1n) is 8.92. The standard InChI is InChI=1S/C19H24BrN3O4/c1-11-9-23-15-6-5-14(20)7-13(15)8-19(10-24,16(23)12(2)27-11)17(25)22(4)18(26)21-3/h5-7,10-12,16H,8-9H2,1-4H3,(H,21,26)/t11-,12+,16?,19+/m1/s1. The van der Waals surface area contributed by atoms with Crippen molar-refractivity contribution in [2.45, 2.75) is 38.5 Å². The van der Waals surface area contributed by atoms with Gasteiger partial charge in [-0.15, -0.1) is 0 Å². The lowest BCUT2D eigenvalue weighted by molar-refractivity contribution is -0.150. The highest BCUT2D eigenvalue weighted by Gasteiger charge is 2.57. The van der Waals surface area contributed by atoms with Gasteiger partial charge in [0.05, 0.1) is 18.2 Å². The molecule has 1 saturated heterocycles. The van der Waals surface area contributed by atoms with Crippen molar-refractivity contribution < 1.29 is 19.1 Å². The second kappa shape index (κ2) is 7.24. The Labute approximate surface area is 167 Å². The average Bonchev–Trinajstić information content (AvgIpc) is 2.64. The number of hydrogen-bond donors (Lipinski definition) is 1. The Hall–Kier alpha value is -1.93. The summed E-state index contributed by atoms with van der Waals surface area (Å²) in [6.07, 6.45) is 0.528. The number of rotatable bonds is 2. The van der Waals surface area contributed by atoms with Gasteiger partial charge >= 0.3 is 6.03 Å². The molecule has 0 aliphatic carbocycles. The number of aldehydes is 1. The van der Waals surface area contributed by atoms with Gasteiger partial charge in [-0.25, -0.2) is 4.79 Å². The van der Waals surface area contributed by atoms with Crippen molar-refractivity contribution in [3.8, 4) is 0 Å². The van der Waals surface area contributed by atoms with Crippen LogP contribution in [0.15, 0.2) is 22.7 Å². The molecule has 1 aromatic rings. The Kier molecular flexibility index (Phi) is 5.31. The van der Waals surface area contributed by atoms with Crippen LogP contribution < -0.4 is 10.2 Å². The summed E-state index contributed by atoms with van der Waals surface area (Å²) < 4.78 is 6.86. The maximum atomic E-state index is 13.4. The smallest absolute Gasteiger partial charge is 0.323 e. The summed E-state index contributed by atoms with van der Waals surface area (Å²) in [4.78, 5) is 41.0. The van der Waals surface area contributed by atoms with Crippen molar-refractivity contribution in [3.63, 3.8) is 0 Å². The third kappa shape index (κ3) is 3.14. The minimum absolute atomic E-state index is 0.0398. The van der Waals surface area contributed by atoms with Gasteiger partial charge < -0.3 is 19.7 Å². The fraction of sp³-hybridized carbons (Fsp3) is 0.526. The van der Waals surface area contributed by atoms with Crippen LogP contribution in [0.1, 0.15) is 19.4 Å². The Morgan fingerprint density at radius 1 is 1.41 bits per heavy atom. The first kappa shape index (κ1) is 19.8. The Balaban J connectivity index is 2.16. The molecular formula is C19H24BrN3O4. The number of ether oxygens (including phenoxy) is 1. The number of carbonyl (C=O) groups excluding carboxylic acids is 3. The molecule has 7 nitrogen and oxygen atoms in total. The van der Waals surface area contributed by atoms with E-state index in [4.69, 9.17) is 4.74 Å². The van der Waals surface area contributed by atoms with E-state index in [1.807, 2.05) is 32.0 Å². The Morgan fingerprint density at radius 2 is 2.11 bits per heavy atom. The molecule has 4 atom stereocenters. The molecule has 0 bridgehead atoms. The number of nitrogens with zero attached hydrogens (tertiary/aromatic N) is 2. The molecule has 0 aromatic heterocycles. The van der Waals surface area contributed by atoms with Crippen molar-refractivity contribution in [1.82, 2.24) is 10.2 Å². The summed E-state index contributed by atoms with van der Waals surface area (Å²) >= 11 is 3.47.